The molecule has 150 valence electrons. The maximum atomic E-state index is 12.3. The first kappa shape index (κ1) is 19.9. The van der Waals surface area contributed by atoms with Gasteiger partial charge in [-0.3, -0.25) is 4.79 Å². The maximum absolute atomic E-state index is 12.3. The van der Waals surface area contributed by atoms with Crippen molar-refractivity contribution in [3.8, 4) is 0 Å². The Morgan fingerprint density at radius 1 is 1.14 bits per heavy atom. The highest BCUT2D eigenvalue weighted by molar-refractivity contribution is 5.94. The van der Waals surface area contributed by atoms with Crippen molar-refractivity contribution in [1.29, 1.82) is 0 Å². The van der Waals surface area contributed by atoms with Gasteiger partial charge in [-0.2, -0.15) is 0 Å². The summed E-state index contributed by atoms with van der Waals surface area (Å²) in [6.45, 7) is 3.61. The Morgan fingerprint density at radius 3 is 2.68 bits per heavy atom. The van der Waals surface area contributed by atoms with E-state index < -0.39 is 24.0 Å². The molecule has 2 amide bonds. The zero-order valence-electron chi connectivity index (χ0n) is 16.3. The molecule has 3 rings (SSSR count). The van der Waals surface area contributed by atoms with E-state index in [2.05, 4.69) is 22.8 Å². The van der Waals surface area contributed by atoms with Gasteiger partial charge in [0.05, 0.1) is 30.3 Å². The molecular weight excluding hydrogens is 360 g/mol. The van der Waals surface area contributed by atoms with Crippen LogP contribution in [0.25, 0.3) is 0 Å². The minimum Gasteiger partial charge on any atom is -0.463 e. The van der Waals surface area contributed by atoms with Gasteiger partial charge in [-0.25, -0.2) is 9.59 Å². The summed E-state index contributed by atoms with van der Waals surface area (Å²) < 4.78 is 10.5. The summed E-state index contributed by atoms with van der Waals surface area (Å²) >= 11 is 0. The van der Waals surface area contributed by atoms with Crippen LogP contribution < -0.4 is 10.6 Å². The van der Waals surface area contributed by atoms with Crippen molar-refractivity contribution < 1.29 is 23.9 Å². The number of nitrogens with one attached hydrogen (secondary N) is 2. The van der Waals surface area contributed by atoms with Gasteiger partial charge in [0, 0.05) is 0 Å². The SMILES string of the molecule is CCOC(=O)C1=C(COC(=O)Cc2ccc3c(c2)CCC3)NC(=O)N[C@@H]1CC. The molecule has 0 unspecified atom stereocenters. The van der Waals surface area contributed by atoms with Crippen molar-refractivity contribution >= 4 is 18.0 Å². The highest BCUT2D eigenvalue weighted by atomic mass is 16.5. The molecule has 0 aromatic heterocycles. The highest BCUT2D eigenvalue weighted by Crippen LogP contribution is 2.23. The number of rotatable bonds is 7. The van der Waals surface area contributed by atoms with E-state index in [9.17, 15) is 14.4 Å². The van der Waals surface area contributed by atoms with Crippen LogP contribution in [0.4, 0.5) is 4.79 Å². The lowest BCUT2D eigenvalue weighted by Gasteiger charge is -2.28. The number of benzene rings is 1. The van der Waals surface area contributed by atoms with E-state index in [1.807, 2.05) is 13.0 Å². The second kappa shape index (κ2) is 8.91. The molecule has 1 aliphatic heterocycles. The van der Waals surface area contributed by atoms with Crippen LogP contribution in [0.2, 0.25) is 0 Å². The van der Waals surface area contributed by atoms with Crippen molar-refractivity contribution in [3.05, 3.63) is 46.2 Å². The minimum atomic E-state index is -0.522. The molecule has 28 heavy (non-hydrogen) atoms. The highest BCUT2D eigenvalue weighted by Gasteiger charge is 2.32. The molecule has 2 aliphatic rings. The maximum Gasteiger partial charge on any atom is 0.338 e. The minimum absolute atomic E-state index is 0.151. The summed E-state index contributed by atoms with van der Waals surface area (Å²) in [4.78, 5) is 36.5. The number of urea groups is 1. The van der Waals surface area contributed by atoms with E-state index in [4.69, 9.17) is 9.47 Å². The number of aryl methyl sites for hydroxylation is 2. The van der Waals surface area contributed by atoms with Crippen LogP contribution in [0, 0.1) is 0 Å². The molecule has 1 aromatic carbocycles. The average Bonchev–Trinajstić information content (AvgIpc) is 3.13. The first-order valence-corrected chi connectivity index (χ1v) is 9.75. The Balaban J connectivity index is 1.68. The van der Waals surface area contributed by atoms with Gasteiger partial charge in [-0.15, -0.1) is 0 Å². The molecule has 0 radical (unpaired) electrons. The Hall–Kier alpha value is -2.83. The fourth-order valence-corrected chi connectivity index (χ4v) is 3.68. The summed E-state index contributed by atoms with van der Waals surface area (Å²) in [5.74, 6) is -0.930. The number of esters is 2. The van der Waals surface area contributed by atoms with E-state index >= 15 is 0 Å². The molecule has 2 N–H and O–H groups in total. The summed E-state index contributed by atoms with van der Waals surface area (Å²) in [5, 5.41) is 5.26. The number of carbonyl (C=O) groups excluding carboxylic acids is 3. The smallest absolute Gasteiger partial charge is 0.338 e. The molecule has 7 heteroatoms. The zero-order chi connectivity index (χ0) is 20.1. The lowest BCUT2D eigenvalue weighted by Crippen LogP contribution is -2.51. The van der Waals surface area contributed by atoms with Crippen molar-refractivity contribution in [2.45, 2.75) is 52.0 Å². The Morgan fingerprint density at radius 2 is 1.93 bits per heavy atom. The third-order valence-corrected chi connectivity index (χ3v) is 5.04. The fraction of sp³-hybridized carbons (Fsp3) is 0.476. The molecule has 0 bridgehead atoms. The standard InChI is InChI=1S/C21H26N2O5/c1-3-16-19(20(25)27-4-2)17(23-21(26)22-16)12-28-18(24)11-13-8-9-14-6-5-7-15(14)10-13/h8-10,16H,3-7,11-12H2,1-2H3,(H2,22,23,26)/t16-/m1/s1. The Labute approximate surface area is 164 Å². The van der Waals surface area contributed by atoms with E-state index in [0.29, 0.717) is 12.0 Å². The van der Waals surface area contributed by atoms with E-state index in [1.54, 1.807) is 6.92 Å². The number of ether oxygens (including phenoxy) is 2. The molecule has 0 saturated heterocycles. The number of carbonyl (C=O) groups is 3. The predicted molar refractivity (Wildman–Crippen MR) is 103 cm³/mol. The van der Waals surface area contributed by atoms with Crippen LogP contribution in [0.15, 0.2) is 29.5 Å². The Bertz CT molecular complexity index is 815. The second-order valence-electron chi connectivity index (χ2n) is 6.97. The summed E-state index contributed by atoms with van der Waals surface area (Å²) in [6.07, 6.45) is 3.97. The molecule has 1 aliphatic carbocycles. The van der Waals surface area contributed by atoms with E-state index in [-0.39, 0.29) is 25.3 Å². The van der Waals surface area contributed by atoms with Crippen LogP contribution >= 0.6 is 0 Å². The van der Waals surface area contributed by atoms with Crippen LogP contribution in [0.1, 0.15) is 43.4 Å². The number of hydrogen-bond acceptors (Lipinski definition) is 5. The third-order valence-electron chi connectivity index (χ3n) is 5.04. The van der Waals surface area contributed by atoms with Crippen LogP contribution in [0.3, 0.4) is 0 Å². The van der Waals surface area contributed by atoms with Gasteiger partial charge in [0.2, 0.25) is 0 Å². The molecule has 1 atom stereocenters. The largest absolute Gasteiger partial charge is 0.463 e. The van der Waals surface area contributed by atoms with Gasteiger partial charge in [0.15, 0.2) is 0 Å². The molecular formula is C21H26N2O5. The summed E-state index contributed by atoms with van der Waals surface area (Å²) in [7, 11) is 0. The first-order chi connectivity index (χ1) is 13.5. The molecule has 7 nitrogen and oxygen atoms in total. The predicted octanol–water partition coefficient (Wildman–Crippen LogP) is 2.17. The molecule has 1 heterocycles. The van der Waals surface area contributed by atoms with E-state index in [1.165, 1.54) is 11.1 Å². The van der Waals surface area contributed by atoms with Crippen molar-refractivity contribution in [2.24, 2.45) is 0 Å². The lowest BCUT2D eigenvalue weighted by molar-refractivity contribution is -0.143. The molecule has 1 aromatic rings. The first-order valence-electron chi connectivity index (χ1n) is 9.75. The van der Waals surface area contributed by atoms with Crippen LogP contribution in [-0.4, -0.2) is 37.2 Å². The monoisotopic (exact) mass is 386 g/mol. The van der Waals surface area contributed by atoms with Crippen LogP contribution in [-0.2, 0) is 38.3 Å². The van der Waals surface area contributed by atoms with Crippen LogP contribution in [0.5, 0.6) is 0 Å². The van der Waals surface area contributed by atoms with Crippen molar-refractivity contribution in [3.63, 3.8) is 0 Å². The van der Waals surface area contributed by atoms with E-state index in [0.717, 1.165) is 24.8 Å². The molecule has 0 saturated carbocycles. The van der Waals surface area contributed by atoms with Gasteiger partial charge in [0.1, 0.15) is 6.61 Å². The summed E-state index contributed by atoms with van der Waals surface area (Å²) in [5.41, 5.74) is 4.13. The number of fused-ring (bicyclic) bond motifs is 1. The lowest BCUT2D eigenvalue weighted by atomic mass is 10.0. The van der Waals surface area contributed by atoms with Gasteiger partial charge in [-0.1, -0.05) is 25.1 Å². The quantitative estimate of drug-likeness (QED) is 0.701. The summed E-state index contributed by atoms with van der Waals surface area (Å²) in [6, 6.07) is 5.19. The number of hydrogen-bond donors (Lipinski definition) is 2. The third kappa shape index (κ3) is 4.52. The number of amides is 2. The second-order valence-corrected chi connectivity index (χ2v) is 6.97. The van der Waals surface area contributed by atoms with Gasteiger partial charge in [0.25, 0.3) is 0 Å². The van der Waals surface area contributed by atoms with Crippen molar-refractivity contribution in [1.82, 2.24) is 10.6 Å². The van der Waals surface area contributed by atoms with Gasteiger partial charge < -0.3 is 20.1 Å². The Kier molecular flexibility index (Phi) is 6.34. The molecule has 0 spiro atoms. The molecule has 0 fully saturated rings. The normalized spacial score (nSPS) is 18.2. The van der Waals surface area contributed by atoms with Gasteiger partial charge >= 0.3 is 18.0 Å². The average molecular weight is 386 g/mol. The topological polar surface area (TPSA) is 93.7 Å². The van der Waals surface area contributed by atoms with Crippen molar-refractivity contribution in [2.75, 3.05) is 13.2 Å². The zero-order valence-corrected chi connectivity index (χ0v) is 16.3. The van der Waals surface area contributed by atoms with Gasteiger partial charge in [-0.05, 0) is 49.3 Å². The fourth-order valence-electron chi connectivity index (χ4n) is 3.68.